The van der Waals surface area contributed by atoms with Gasteiger partial charge in [0.1, 0.15) is 0 Å². The van der Waals surface area contributed by atoms with Crippen LogP contribution in [0.2, 0.25) is 0 Å². The first kappa shape index (κ1) is 17.8. The van der Waals surface area contributed by atoms with E-state index in [1.165, 1.54) is 24.3 Å². The lowest BCUT2D eigenvalue weighted by Crippen LogP contribution is -2.46. The molecule has 0 atom stereocenters. The van der Waals surface area contributed by atoms with Crippen molar-refractivity contribution in [3.8, 4) is 0 Å². The average molecular weight is 341 g/mol. The first-order chi connectivity index (χ1) is 10.9. The van der Waals surface area contributed by atoms with E-state index in [1.807, 2.05) is 6.92 Å². The highest BCUT2D eigenvalue weighted by molar-refractivity contribution is 7.88. The van der Waals surface area contributed by atoms with Crippen molar-refractivity contribution in [1.29, 1.82) is 0 Å². The highest BCUT2D eigenvalue weighted by Gasteiger charge is 2.30. The molecule has 23 heavy (non-hydrogen) atoms. The molecule has 7 nitrogen and oxygen atoms in total. The van der Waals surface area contributed by atoms with E-state index in [4.69, 9.17) is 0 Å². The van der Waals surface area contributed by atoms with Crippen LogP contribution in [0.1, 0.15) is 31.7 Å². The molecule has 0 aromatic heterocycles. The molecule has 0 amide bonds. The van der Waals surface area contributed by atoms with Crippen molar-refractivity contribution in [2.24, 2.45) is 0 Å². The minimum Gasteiger partial charge on any atom is -0.317 e. The van der Waals surface area contributed by atoms with E-state index < -0.39 is 14.9 Å². The Bertz CT molecular complexity index is 625. The van der Waals surface area contributed by atoms with E-state index in [2.05, 4.69) is 5.32 Å². The van der Waals surface area contributed by atoms with Gasteiger partial charge in [0.25, 0.3) is 5.69 Å². The van der Waals surface area contributed by atoms with Crippen LogP contribution in [0.25, 0.3) is 0 Å². The molecule has 1 aliphatic rings. The Morgan fingerprint density at radius 2 is 1.87 bits per heavy atom. The topological polar surface area (TPSA) is 92.6 Å². The van der Waals surface area contributed by atoms with Crippen LogP contribution in [0.3, 0.4) is 0 Å². The second-order valence-electron chi connectivity index (χ2n) is 5.77. The largest absolute Gasteiger partial charge is 0.317 e. The number of nitro benzene ring substituents is 1. The number of sulfonamides is 1. The van der Waals surface area contributed by atoms with Crippen molar-refractivity contribution >= 4 is 15.7 Å². The molecule has 8 heteroatoms. The third-order valence-electron chi connectivity index (χ3n) is 4.01. The molecule has 0 radical (unpaired) electrons. The van der Waals surface area contributed by atoms with Gasteiger partial charge in [-0.05, 0) is 37.9 Å². The molecule has 1 saturated heterocycles. The van der Waals surface area contributed by atoms with Crippen LogP contribution in [0, 0.1) is 10.1 Å². The van der Waals surface area contributed by atoms with Crippen LogP contribution in [0.15, 0.2) is 24.3 Å². The smallest absolute Gasteiger partial charge is 0.269 e. The summed E-state index contributed by atoms with van der Waals surface area (Å²) < 4.78 is 27.2. The van der Waals surface area contributed by atoms with Crippen molar-refractivity contribution in [1.82, 2.24) is 9.62 Å². The van der Waals surface area contributed by atoms with Gasteiger partial charge in [0.2, 0.25) is 10.0 Å². The molecule has 1 fully saturated rings. The summed E-state index contributed by atoms with van der Waals surface area (Å²) in [6, 6.07) is 5.77. The van der Waals surface area contributed by atoms with Crippen LogP contribution in [-0.2, 0) is 15.8 Å². The minimum atomic E-state index is -3.43. The molecular formula is C15H23N3O4S. The number of hydrogen-bond acceptors (Lipinski definition) is 5. The van der Waals surface area contributed by atoms with Gasteiger partial charge in [-0.1, -0.05) is 19.1 Å². The van der Waals surface area contributed by atoms with Crippen LogP contribution >= 0.6 is 0 Å². The molecule has 128 valence electrons. The molecular weight excluding hydrogens is 318 g/mol. The maximum absolute atomic E-state index is 12.8. The number of hydrogen-bond donors (Lipinski definition) is 1. The highest BCUT2D eigenvalue weighted by Crippen LogP contribution is 2.21. The van der Waals surface area contributed by atoms with Crippen LogP contribution in [0.5, 0.6) is 0 Å². The zero-order valence-electron chi connectivity index (χ0n) is 13.3. The van der Waals surface area contributed by atoms with E-state index in [0.29, 0.717) is 12.1 Å². The second-order valence-corrected chi connectivity index (χ2v) is 7.69. The Hall–Kier alpha value is -1.51. The van der Waals surface area contributed by atoms with Gasteiger partial charge in [-0.3, -0.25) is 10.1 Å². The van der Waals surface area contributed by atoms with Gasteiger partial charge in [-0.25, -0.2) is 8.42 Å². The molecule has 0 saturated carbocycles. The Morgan fingerprint density at radius 3 is 2.39 bits per heavy atom. The maximum Gasteiger partial charge on any atom is 0.269 e. The SMILES string of the molecule is CCCN(C1CCNCC1)S(=O)(=O)Cc1ccc([N+](=O)[O-])cc1. The van der Waals surface area contributed by atoms with Gasteiger partial charge < -0.3 is 5.32 Å². The van der Waals surface area contributed by atoms with E-state index >= 15 is 0 Å². The summed E-state index contributed by atoms with van der Waals surface area (Å²) in [5.41, 5.74) is 0.542. The van der Waals surface area contributed by atoms with E-state index in [1.54, 1.807) is 4.31 Å². The lowest BCUT2D eigenvalue weighted by molar-refractivity contribution is -0.384. The zero-order chi connectivity index (χ0) is 16.9. The fourth-order valence-corrected chi connectivity index (χ4v) is 4.78. The number of benzene rings is 1. The highest BCUT2D eigenvalue weighted by atomic mass is 32.2. The summed E-state index contributed by atoms with van der Waals surface area (Å²) >= 11 is 0. The average Bonchev–Trinajstić information content (AvgIpc) is 2.53. The number of nitro groups is 1. The Morgan fingerprint density at radius 1 is 1.26 bits per heavy atom. The molecule has 0 bridgehead atoms. The predicted octanol–water partition coefficient (Wildman–Crippen LogP) is 1.89. The lowest BCUT2D eigenvalue weighted by Gasteiger charge is -2.33. The molecule has 1 N–H and O–H groups in total. The first-order valence-electron chi connectivity index (χ1n) is 7.87. The molecule has 1 aromatic carbocycles. The molecule has 0 spiro atoms. The van der Waals surface area contributed by atoms with E-state index in [-0.39, 0.29) is 17.5 Å². The summed E-state index contributed by atoms with van der Waals surface area (Å²) in [5, 5.41) is 13.9. The van der Waals surface area contributed by atoms with E-state index in [9.17, 15) is 18.5 Å². The standard InChI is InChI=1S/C15H23N3O4S/c1-2-11-17(14-7-9-16-10-8-14)23(21,22)12-13-3-5-15(6-4-13)18(19)20/h3-6,14,16H,2,7-12H2,1H3. The fourth-order valence-electron chi connectivity index (χ4n) is 2.87. The van der Waals surface area contributed by atoms with Crippen molar-refractivity contribution in [3.63, 3.8) is 0 Å². The predicted molar refractivity (Wildman–Crippen MR) is 88.6 cm³/mol. The Labute approximate surface area is 136 Å². The normalized spacial score (nSPS) is 16.6. The second kappa shape index (κ2) is 7.85. The van der Waals surface area contributed by atoms with E-state index in [0.717, 1.165) is 32.4 Å². The van der Waals surface area contributed by atoms with Crippen LogP contribution in [-0.4, -0.2) is 43.3 Å². The molecule has 1 heterocycles. The molecule has 1 aromatic rings. The van der Waals surface area contributed by atoms with Gasteiger partial charge in [0.05, 0.1) is 10.7 Å². The van der Waals surface area contributed by atoms with Crippen molar-refractivity contribution in [3.05, 3.63) is 39.9 Å². The Kier molecular flexibility index (Phi) is 6.09. The molecule has 2 rings (SSSR count). The van der Waals surface area contributed by atoms with Crippen LogP contribution in [0.4, 0.5) is 5.69 Å². The van der Waals surface area contributed by atoms with Crippen LogP contribution < -0.4 is 5.32 Å². The van der Waals surface area contributed by atoms with Crippen molar-refractivity contribution < 1.29 is 13.3 Å². The minimum absolute atomic E-state index is 0.0325. The monoisotopic (exact) mass is 341 g/mol. The summed E-state index contributed by atoms with van der Waals surface area (Å²) in [6.07, 6.45) is 2.41. The number of nitrogens with zero attached hydrogens (tertiary/aromatic N) is 2. The Balaban J connectivity index is 2.14. The van der Waals surface area contributed by atoms with Crippen molar-refractivity contribution in [2.75, 3.05) is 19.6 Å². The summed E-state index contributed by atoms with van der Waals surface area (Å²) in [6.45, 7) is 4.14. The molecule has 1 aliphatic heterocycles. The third-order valence-corrected chi connectivity index (χ3v) is 5.91. The van der Waals surface area contributed by atoms with Gasteiger partial charge in [-0.15, -0.1) is 0 Å². The van der Waals surface area contributed by atoms with Gasteiger partial charge in [0.15, 0.2) is 0 Å². The number of non-ortho nitro benzene ring substituents is 1. The van der Waals surface area contributed by atoms with Gasteiger partial charge in [-0.2, -0.15) is 4.31 Å². The van der Waals surface area contributed by atoms with Crippen molar-refractivity contribution in [2.45, 2.75) is 38.0 Å². The third kappa shape index (κ3) is 4.73. The fraction of sp³-hybridized carbons (Fsp3) is 0.600. The summed E-state index contributed by atoms with van der Waals surface area (Å²) in [4.78, 5) is 10.2. The maximum atomic E-state index is 12.8. The quantitative estimate of drug-likeness (QED) is 0.604. The number of nitrogens with one attached hydrogen (secondary N) is 1. The summed E-state index contributed by atoms with van der Waals surface area (Å²) in [5.74, 6) is -0.116. The number of piperidine rings is 1. The summed E-state index contributed by atoms with van der Waals surface area (Å²) in [7, 11) is -3.43. The number of rotatable bonds is 7. The lowest BCUT2D eigenvalue weighted by atomic mass is 10.1. The van der Waals surface area contributed by atoms with Gasteiger partial charge >= 0.3 is 0 Å². The molecule has 0 unspecified atom stereocenters. The molecule has 0 aliphatic carbocycles. The van der Waals surface area contributed by atoms with Gasteiger partial charge in [0, 0.05) is 24.7 Å². The zero-order valence-corrected chi connectivity index (χ0v) is 14.1. The first-order valence-corrected chi connectivity index (χ1v) is 9.48.